The van der Waals surface area contributed by atoms with Gasteiger partial charge in [0.1, 0.15) is 0 Å². The number of nitrogens with one attached hydrogen (secondary N) is 2. The van der Waals surface area contributed by atoms with Gasteiger partial charge in [-0.1, -0.05) is 42.5 Å². The third-order valence-electron chi connectivity index (χ3n) is 4.34. The Balaban J connectivity index is 1.80. The van der Waals surface area contributed by atoms with Crippen LogP contribution in [0.3, 0.4) is 0 Å². The molecule has 5 aromatic rings. The number of hydrogen-bond acceptors (Lipinski definition) is 1. The highest BCUT2D eigenvalue weighted by atomic mass is 32.1. The highest BCUT2D eigenvalue weighted by Crippen LogP contribution is 2.39. The molecular weight excluding hydrogens is 331 g/mol. The Labute approximate surface area is 144 Å². The second-order valence-corrected chi connectivity index (χ2v) is 9.09. The van der Waals surface area contributed by atoms with Crippen LogP contribution in [0.25, 0.3) is 21.8 Å². The van der Waals surface area contributed by atoms with E-state index in [9.17, 15) is 0 Å². The smallest absolute Gasteiger partial charge is 0.0460 e. The van der Waals surface area contributed by atoms with E-state index in [0.717, 1.165) is 0 Å². The van der Waals surface area contributed by atoms with Gasteiger partial charge in [-0.3, -0.25) is 0 Å². The van der Waals surface area contributed by atoms with Crippen molar-refractivity contribution in [1.29, 1.82) is 0 Å². The summed E-state index contributed by atoms with van der Waals surface area (Å²) in [4.78, 5) is 6.90. The highest BCUT2D eigenvalue weighted by molar-refractivity contribution is 7.84. The first-order valence-electron chi connectivity index (χ1n) is 7.88. The van der Waals surface area contributed by atoms with Crippen LogP contribution in [0, 0.1) is 0 Å². The number of aromatic nitrogens is 2. The van der Waals surface area contributed by atoms with Crippen LogP contribution in [0.5, 0.6) is 0 Å². The first kappa shape index (κ1) is 14.0. The Morgan fingerprint density at radius 2 is 1.25 bits per heavy atom. The van der Waals surface area contributed by atoms with E-state index < -0.39 is 7.92 Å². The summed E-state index contributed by atoms with van der Waals surface area (Å²) in [5, 5.41) is 7.61. The molecule has 0 spiro atoms. The third-order valence-corrected chi connectivity index (χ3v) is 8.17. The predicted molar refractivity (Wildman–Crippen MR) is 107 cm³/mol. The number of H-pyrrole nitrogens is 2. The summed E-state index contributed by atoms with van der Waals surface area (Å²) in [6, 6.07) is 21.6. The molecule has 116 valence electrons. The minimum absolute atomic E-state index is 0.578. The van der Waals surface area contributed by atoms with Gasteiger partial charge in [0.15, 0.2) is 0 Å². The van der Waals surface area contributed by atoms with Crippen LogP contribution in [0.15, 0.2) is 78.4 Å². The van der Waals surface area contributed by atoms with Crippen molar-refractivity contribution < 1.29 is 0 Å². The van der Waals surface area contributed by atoms with Gasteiger partial charge >= 0.3 is 0 Å². The standard InChI is InChI=1S/C20H15N2PS/c1-3-8-16-14(6-1)18(12-21-16)23(20-10-5-11-24-20)19-13-22-17-9-4-2-7-15(17)19/h1-13,21-22H. The number of rotatable bonds is 3. The van der Waals surface area contributed by atoms with E-state index in [-0.39, 0.29) is 0 Å². The zero-order chi connectivity index (χ0) is 15.9. The monoisotopic (exact) mass is 346 g/mol. The maximum atomic E-state index is 3.45. The van der Waals surface area contributed by atoms with Gasteiger partial charge in [-0.15, -0.1) is 11.3 Å². The molecule has 0 amide bonds. The second-order valence-electron chi connectivity index (χ2n) is 5.73. The van der Waals surface area contributed by atoms with E-state index in [1.165, 1.54) is 37.0 Å². The molecular formula is C20H15N2PS. The number of para-hydroxylation sites is 2. The molecule has 4 heteroatoms. The Kier molecular flexibility index (Phi) is 3.29. The van der Waals surface area contributed by atoms with Crippen molar-refractivity contribution in [2.45, 2.75) is 0 Å². The molecule has 2 aromatic carbocycles. The topological polar surface area (TPSA) is 31.6 Å². The molecule has 0 saturated carbocycles. The van der Waals surface area contributed by atoms with E-state index in [1.807, 2.05) is 11.3 Å². The third kappa shape index (κ3) is 2.13. The summed E-state index contributed by atoms with van der Waals surface area (Å²) in [6.07, 6.45) is 4.38. The summed E-state index contributed by atoms with van der Waals surface area (Å²) in [5.41, 5.74) is 2.41. The van der Waals surface area contributed by atoms with Gasteiger partial charge in [0.25, 0.3) is 0 Å². The number of thiophene rings is 1. The maximum Gasteiger partial charge on any atom is 0.0460 e. The van der Waals surface area contributed by atoms with Crippen molar-refractivity contribution in [3.05, 3.63) is 78.4 Å². The molecule has 0 aliphatic rings. The average molecular weight is 346 g/mol. The van der Waals surface area contributed by atoms with Crippen LogP contribution in [0.4, 0.5) is 0 Å². The molecule has 0 aliphatic heterocycles. The van der Waals surface area contributed by atoms with Crippen LogP contribution < -0.4 is 15.2 Å². The molecule has 2 nitrogen and oxygen atoms in total. The summed E-state index contributed by atoms with van der Waals surface area (Å²) in [5.74, 6) is 0. The Hall–Kier alpha value is -2.35. The molecule has 0 atom stereocenters. The molecule has 0 bridgehead atoms. The number of aromatic amines is 2. The fourth-order valence-corrected chi connectivity index (χ4v) is 7.12. The molecule has 0 radical (unpaired) electrons. The van der Waals surface area contributed by atoms with Gasteiger partial charge in [0.05, 0.1) is 0 Å². The van der Waals surface area contributed by atoms with E-state index >= 15 is 0 Å². The second kappa shape index (κ2) is 5.62. The summed E-state index contributed by atoms with van der Waals surface area (Å²) < 4.78 is 1.43. The number of hydrogen-bond donors (Lipinski definition) is 2. The normalized spacial score (nSPS) is 11.7. The van der Waals surface area contributed by atoms with Gasteiger partial charge in [0.2, 0.25) is 0 Å². The molecule has 24 heavy (non-hydrogen) atoms. The SMILES string of the molecule is c1csc(P(c2c[nH]c3ccccc23)c2c[nH]c3ccccc23)c1. The number of benzene rings is 2. The minimum atomic E-state index is -0.578. The first-order valence-corrected chi connectivity index (χ1v) is 10.1. The van der Waals surface area contributed by atoms with Crippen LogP contribution in [0.1, 0.15) is 0 Å². The summed E-state index contributed by atoms with van der Waals surface area (Å²) in [6.45, 7) is 0. The molecule has 2 N–H and O–H groups in total. The van der Waals surface area contributed by atoms with E-state index in [4.69, 9.17) is 0 Å². The largest absolute Gasteiger partial charge is 0.361 e. The summed E-state index contributed by atoms with van der Waals surface area (Å²) in [7, 11) is -0.578. The molecule has 0 fully saturated rings. The Morgan fingerprint density at radius 1 is 0.667 bits per heavy atom. The van der Waals surface area contributed by atoms with Crippen molar-refractivity contribution in [3.63, 3.8) is 0 Å². The van der Waals surface area contributed by atoms with E-state index in [2.05, 4.69) is 88.4 Å². The number of fused-ring (bicyclic) bond motifs is 2. The lowest BCUT2D eigenvalue weighted by molar-refractivity contribution is 1.48. The fourth-order valence-electron chi connectivity index (χ4n) is 3.25. The van der Waals surface area contributed by atoms with Crippen molar-refractivity contribution in [1.82, 2.24) is 9.97 Å². The fraction of sp³-hybridized carbons (Fsp3) is 0. The van der Waals surface area contributed by atoms with Gasteiger partial charge in [-0.25, -0.2) is 0 Å². The molecule has 0 saturated heterocycles. The lowest BCUT2D eigenvalue weighted by atomic mass is 10.2. The Bertz CT molecular complexity index is 1050. The molecule has 5 rings (SSSR count). The van der Waals surface area contributed by atoms with Gasteiger partial charge in [-0.05, 0) is 23.6 Å². The zero-order valence-corrected chi connectivity index (χ0v) is 14.6. The van der Waals surface area contributed by atoms with Gasteiger partial charge < -0.3 is 9.97 Å². The quantitative estimate of drug-likeness (QED) is 0.452. The minimum Gasteiger partial charge on any atom is -0.361 e. The molecule has 3 aromatic heterocycles. The van der Waals surface area contributed by atoms with Crippen LogP contribution in [-0.2, 0) is 0 Å². The van der Waals surface area contributed by atoms with Crippen LogP contribution in [0.2, 0.25) is 0 Å². The molecule has 3 heterocycles. The maximum absolute atomic E-state index is 3.45. The van der Waals surface area contributed by atoms with Crippen molar-refractivity contribution in [3.8, 4) is 0 Å². The zero-order valence-electron chi connectivity index (χ0n) is 12.9. The van der Waals surface area contributed by atoms with E-state index in [0.29, 0.717) is 0 Å². The van der Waals surface area contributed by atoms with Crippen molar-refractivity contribution in [2.75, 3.05) is 0 Å². The Morgan fingerprint density at radius 3 is 1.79 bits per heavy atom. The lowest BCUT2D eigenvalue weighted by Gasteiger charge is -2.15. The lowest BCUT2D eigenvalue weighted by Crippen LogP contribution is -2.17. The van der Waals surface area contributed by atoms with Crippen molar-refractivity contribution >= 4 is 56.3 Å². The van der Waals surface area contributed by atoms with Gasteiger partial charge in [0, 0.05) is 57.3 Å². The molecule has 0 aliphatic carbocycles. The first-order chi connectivity index (χ1) is 11.9. The van der Waals surface area contributed by atoms with Gasteiger partial charge in [-0.2, -0.15) is 0 Å². The van der Waals surface area contributed by atoms with E-state index in [1.54, 1.807) is 0 Å². The van der Waals surface area contributed by atoms with Crippen LogP contribution in [-0.4, -0.2) is 9.97 Å². The average Bonchev–Trinajstić information content (AvgIpc) is 3.36. The molecule has 0 unspecified atom stereocenters. The highest BCUT2D eigenvalue weighted by Gasteiger charge is 2.23. The predicted octanol–water partition coefficient (Wildman–Crippen LogP) is 4.47. The van der Waals surface area contributed by atoms with Crippen LogP contribution >= 0.6 is 19.3 Å². The summed E-state index contributed by atoms with van der Waals surface area (Å²) >= 11 is 1.85. The van der Waals surface area contributed by atoms with Crippen molar-refractivity contribution in [2.24, 2.45) is 0 Å².